The first-order valence-electron chi connectivity index (χ1n) is 5.54. The van der Waals surface area contributed by atoms with Crippen LogP contribution in [0, 0.1) is 0 Å². The molecule has 2 rings (SSSR count). The lowest BCUT2D eigenvalue weighted by Crippen LogP contribution is -2.09. The van der Waals surface area contributed by atoms with Crippen LogP contribution in [0.5, 0.6) is 0 Å². The number of aromatic nitrogens is 5. The van der Waals surface area contributed by atoms with Gasteiger partial charge in [-0.05, 0) is 24.9 Å². The number of halogens is 1. The quantitative estimate of drug-likeness (QED) is 0.662. The van der Waals surface area contributed by atoms with Crippen molar-refractivity contribution >= 4 is 17.5 Å². The van der Waals surface area contributed by atoms with Gasteiger partial charge in [0.15, 0.2) is 0 Å². The first-order chi connectivity index (χ1) is 8.79. The molecule has 2 aromatic heterocycles. The Balaban J connectivity index is 2.12. The Labute approximate surface area is 110 Å². The summed E-state index contributed by atoms with van der Waals surface area (Å²) in [5, 5.41) is 3.25. The van der Waals surface area contributed by atoms with Gasteiger partial charge in [0.2, 0.25) is 17.2 Å². The lowest BCUT2D eigenvalue weighted by molar-refractivity contribution is 0.886. The molecule has 2 aromatic rings. The van der Waals surface area contributed by atoms with Crippen molar-refractivity contribution in [2.75, 3.05) is 11.9 Å². The molecule has 1 N–H and O–H groups in total. The summed E-state index contributed by atoms with van der Waals surface area (Å²) in [6.45, 7) is 2.73. The van der Waals surface area contributed by atoms with Crippen LogP contribution in [0.15, 0.2) is 30.9 Å². The number of nitrogens with one attached hydrogen (secondary N) is 1. The Bertz CT molecular complexity index is 522. The fraction of sp³-hybridized carbons (Fsp3) is 0.273. The standard InChI is InChI=1S/C11H13ClN6/c1-2-3-4-5-14-10-15-9(12)16-11(17-10)18-7-6-13-8-18/h2-3,6-8H,4-5H2,1H3,(H,14,15,16,17)/b3-2+. The van der Waals surface area contributed by atoms with E-state index < -0.39 is 0 Å². The zero-order valence-electron chi connectivity index (χ0n) is 9.91. The van der Waals surface area contributed by atoms with E-state index in [0.717, 1.165) is 13.0 Å². The van der Waals surface area contributed by atoms with Crippen LogP contribution in [0.1, 0.15) is 13.3 Å². The molecule has 0 aliphatic rings. The number of imidazole rings is 1. The van der Waals surface area contributed by atoms with E-state index in [1.807, 2.05) is 13.0 Å². The monoisotopic (exact) mass is 264 g/mol. The first kappa shape index (κ1) is 12.5. The molecule has 0 radical (unpaired) electrons. The molecule has 94 valence electrons. The predicted octanol–water partition coefficient (Wildman–Crippen LogP) is 2.09. The number of nitrogens with zero attached hydrogens (tertiary/aromatic N) is 5. The zero-order valence-corrected chi connectivity index (χ0v) is 10.7. The molecule has 0 aliphatic heterocycles. The maximum absolute atomic E-state index is 5.86. The molecule has 0 fully saturated rings. The van der Waals surface area contributed by atoms with Gasteiger partial charge in [-0.15, -0.1) is 0 Å². The van der Waals surface area contributed by atoms with Crippen molar-refractivity contribution in [3.63, 3.8) is 0 Å². The summed E-state index contributed by atoms with van der Waals surface area (Å²) in [7, 11) is 0. The number of rotatable bonds is 5. The van der Waals surface area contributed by atoms with Crippen molar-refractivity contribution in [3.8, 4) is 5.95 Å². The van der Waals surface area contributed by atoms with Crippen LogP contribution >= 0.6 is 11.6 Å². The van der Waals surface area contributed by atoms with Crippen molar-refractivity contribution < 1.29 is 0 Å². The minimum atomic E-state index is 0.155. The van der Waals surface area contributed by atoms with Gasteiger partial charge in [0, 0.05) is 18.9 Å². The molecule has 7 heteroatoms. The molecule has 0 spiro atoms. The Kier molecular flexibility index (Phi) is 4.25. The summed E-state index contributed by atoms with van der Waals surface area (Å²) in [5.74, 6) is 0.907. The van der Waals surface area contributed by atoms with Gasteiger partial charge in [-0.2, -0.15) is 15.0 Å². The zero-order chi connectivity index (χ0) is 12.8. The molecule has 0 saturated heterocycles. The smallest absolute Gasteiger partial charge is 0.241 e. The highest BCUT2D eigenvalue weighted by atomic mass is 35.5. The molecular formula is C11H13ClN6. The van der Waals surface area contributed by atoms with Gasteiger partial charge in [-0.3, -0.25) is 4.57 Å². The molecule has 2 heterocycles. The molecular weight excluding hydrogens is 252 g/mol. The molecule has 0 saturated carbocycles. The molecule has 0 aliphatic carbocycles. The van der Waals surface area contributed by atoms with Crippen molar-refractivity contribution in [2.24, 2.45) is 0 Å². The molecule has 0 atom stereocenters. The minimum absolute atomic E-state index is 0.155. The summed E-state index contributed by atoms with van der Waals surface area (Å²) < 4.78 is 1.67. The highest BCUT2D eigenvalue weighted by molar-refractivity contribution is 6.28. The average molecular weight is 265 g/mol. The summed E-state index contributed by atoms with van der Waals surface area (Å²) in [5.41, 5.74) is 0. The van der Waals surface area contributed by atoms with Crippen LogP contribution < -0.4 is 5.32 Å². The topological polar surface area (TPSA) is 68.5 Å². The second-order valence-corrected chi connectivity index (χ2v) is 3.82. The number of allylic oxidation sites excluding steroid dienone is 1. The van der Waals surface area contributed by atoms with Gasteiger partial charge in [-0.1, -0.05) is 12.2 Å². The molecule has 0 aromatic carbocycles. The van der Waals surface area contributed by atoms with Crippen LogP contribution in [0.4, 0.5) is 5.95 Å². The molecule has 0 unspecified atom stereocenters. The van der Waals surface area contributed by atoms with Crippen LogP contribution in [-0.4, -0.2) is 31.0 Å². The van der Waals surface area contributed by atoms with Crippen LogP contribution in [-0.2, 0) is 0 Å². The Morgan fingerprint density at radius 2 is 2.28 bits per heavy atom. The van der Waals surface area contributed by atoms with E-state index in [1.54, 1.807) is 23.3 Å². The number of hydrogen-bond donors (Lipinski definition) is 1. The minimum Gasteiger partial charge on any atom is -0.354 e. The van der Waals surface area contributed by atoms with Crippen LogP contribution in [0.2, 0.25) is 5.28 Å². The second-order valence-electron chi connectivity index (χ2n) is 3.48. The molecule has 0 amide bonds. The lowest BCUT2D eigenvalue weighted by atomic mass is 10.4. The highest BCUT2D eigenvalue weighted by Gasteiger charge is 2.05. The van der Waals surface area contributed by atoms with Crippen molar-refractivity contribution in [3.05, 3.63) is 36.2 Å². The third kappa shape index (κ3) is 3.27. The van der Waals surface area contributed by atoms with E-state index in [-0.39, 0.29) is 5.28 Å². The lowest BCUT2D eigenvalue weighted by Gasteiger charge is -2.05. The maximum atomic E-state index is 5.86. The van der Waals surface area contributed by atoms with Gasteiger partial charge in [0.1, 0.15) is 6.33 Å². The molecule has 18 heavy (non-hydrogen) atoms. The third-order valence-electron chi connectivity index (χ3n) is 2.16. The SMILES string of the molecule is C/C=C/CCNc1nc(Cl)nc(-n2ccnc2)n1. The summed E-state index contributed by atoms with van der Waals surface area (Å²) >= 11 is 5.86. The van der Waals surface area contributed by atoms with Gasteiger partial charge in [-0.25, -0.2) is 4.98 Å². The first-order valence-corrected chi connectivity index (χ1v) is 5.92. The average Bonchev–Trinajstić information content (AvgIpc) is 2.88. The van der Waals surface area contributed by atoms with Gasteiger partial charge in [0.05, 0.1) is 0 Å². The van der Waals surface area contributed by atoms with E-state index in [9.17, 15) is 0 Å². The third-order valence-corrected chi connectivity index (χ3v) is 2.33. The Morgan fingerprint density at radius 3 is 3.00 bits per heavy atom. The normalized spacial score (nSPS) is 11.0. The Morgan fingerprint density at radius 1 is 1.39 bits per heavy atom. The van der Waals surface area contributed by atoms with Crippen molar-refractivity contribution in [2.45, 2.75) is 13.3 Å². The summed E-state index contributed by atoms with van der Waals surface area (Å²) in [6, 6.07) is 0. The maximum Gasteiger partial charge on any atom is 0.241 e. The molecule has 6 nitrogen and oxygen atoms in total. The van der Waals surface area contributed by atoms with E-state index in [2.05, 4.69) is 31.3 Å². The number of hydrogen-bond acceptors (Lipinski definition) is 5. The highest BCUT2D eigenvalue weighted by Crippen LogP contribution is 2.09. The van der Waals surface area contributed by atoms with E-state index in [1.165, 1.54) is 0 Å². The van der Waals surface area contributed by atoms with Gasteiger partial charge >= 0.3 is 0 Å². The second kappa shape index (κ2) is 6.11. The van der Waals surface area contributed by atoms with Crippen LogP contribution in [0.25, 0.3) is 5.95 Å². The van der Waals surface area contributed by atoms with Crippen molar-refractivity contribution in [1.29, 1.82) is 0 Å². The predicted molar refractivity (Wildman–Crippen MR) is 69.9 cm³/mol. The Hall–Kier alpha value is -1.95. The number of anilines is 1. The van der Waals surface area contributed by atoms with Gasteiger partial charge < -0.3 is 5.32 Å². The van der Waals surface area contributed by atoms with E-state index >= 15 is 0 Å². The van der Waals surface area contributed by atoms with Crippen LogP contribution in [0.3, 0.4) is 0 Å². The van der Waals surface area contributed by atoms with E-state index in [4.69, 9.17) is 11.6 Å². The fourth-order valence-electron chi connectivity index (χ4n) is 1.35. The largest absolute Gasteiger partial charge is 0.354 e. The van der Waals surface area contributed by atoms with E-state index in [0.29, 0.717) is 11.9 Å². The molecule has 0 bridgehead atoms. The van der Waals surface area contributed by atoms with Crippen molar-refractivity contribution in [1.82, 2.24) is 24.5 Å². The summed E-state index contributed by atoms with van der Waals surface area (Å²) in [6.07, 6.45) is 9.97. The summed E-state index contributed by atoms with van der Waals surface area (Å²) in [4.78, 5) is 16.2. The fourth-order valence-corrected chi connectivity index (χ4v) is 1.50. The van der Waals surface area contributed by atoms with Gasteiger partial charge in [0.25, 0.3) is 0 Å².